The van der Waals surface area contributed by atoms with E-state index in [0.29, 0.717) is 5.75 Å². The summed E-state index contributed by atoms with van der Waals surface area (Å²) in [6.45, 7) is 3.95. The van der Waals surface area contributed by atoms with Crippen LogP contribution in [0.25, 0.3) is 0 Å². The van der Waals surface area contributed by atoms with Crippen LogP contribution in [0.2, 0.25) is 0 Å². The van der Waals surface area contributed by atoms with Gasteiger partial charge in [-0.2, -0.15) is 0 Å². The van der Waals surface area contributed by atoms with Crippen LogP contribution in [0.4, 0.5) is 0 Å². The quantitative estimate of drug-likeness (QED) is 0.627. The van der Waals surface area contributed by atoms with Crippen molar-refractivity contribution >= 4 is 0 Å². The molecule has 1 nitrogen and oxygen atoms in total. The SMILES string of the molecule is CCc1cccc(C)c1O. The molecule has 0 aromatic heterocycles. The van der Waals surface area contributed by atoms with E-state index in [1.54, 1.807) is 0 Å². The van der Waals surface area contributed by atoms with Gasteiger partial charge in [0.2, 0.25) is 0 Å². The van der Waals surface area contributed by atoms with Crippen LogP contribution in [0.15, 0.2) is 18.2 Å². The molecule has 0 atom stereocenters. The van der Waals surface area contributed by atoms with E-state index in [1.807, 2.05) is 32.0 Å². The summed E-state index contributed by atoms with van der Waals surface area (Å²) in [4.78, 5) is 0. The Morgan fingerprint density at radius 2 is 2.10 bits per heavy atom. The van der Waals surface area contributed by atoms with Gasteiger partial charge in [-0.05, 0) is 24.5 Å². The third-order valence-corrected chi connectivity index (χ3v) is 1.70. The van der Waals surface area contributed by atoms with Crippen LogP contribution < -0.4 is 0 Å². The molecule has 0 saturated carbocycles. The lowest BCUT2D eigenvalue weighted by atomic mass is 10.1. The van der Waals surface area contributed by atoms with Crippen molar-refractivity contribution in [3.63, 3.8) is 0 Å². The fourth-order valence-electron chi connectivity index (χ4n) is 1.01. The molecular weight excluding hydrogens is 124 g/mol. The lowest BCUT2D eigenvalue weighted by molar-refractivity contribution is 0.464. The summed E-state index contributed by atoms with van der Waals surface area (Å²) in [5, 5.41) is 9.40. The van der Waals surface area contributed by atoms with Crippen molar-refractivity contribution in [2.45, 2.75) is 20.3 Å². The highest BCUT2D eigenvalue weighted by atomic mass is 16.3. The number of para-hydroxylation sites is 1. The summed E-state index contributed by atoms with van der Waals surface area (Å²) in [6.07, 6.45) is 0.896. The van der Waals surface area contributed by atoms with E-state index in [0.717, 1.165) is 17.5 Å². The molecule has 54 valence electrons. The highest BCUT2D eigenvalue weighted by molar-refractivity contribution is 5.39. The van der Waals surface area contributed by atoms with Gasteiger partial charge < -0.3 is 5.11 Å². The first-order valence-electron chi connectivity index (χ1n) is 3.53. The maximum atomic E-state index is 9.40. The van der Waals surface area contributed by atoms with Crippen LogP contribution >= 0.6 is 0 Å². The normalized spacial score (nSPS) is 9.80. The molecule has 0 heterocycles. The minimum Gasteiger partial charge on any atom is -0.507 e. The summed E-state index contributed by atoms with van der Waals surface area (Å²) in [7, 11) is 0. The van der Waals surface area contributed by atoms with Gasteiger partial charge >= 0.3 is 0 Å². The molecule has 0 aliphatic carbocycles. The molecular formula is C9H12O. The zero-order valence-corrected chi connectivity index (χ0v) is 6.39. The van der Waals surface area contributed by atoms with Crippen molar-refractivity contribution in [2.75, 3.05) is 0 Å². The molecule has 1 aromatic rings. The maximum absolute atomic E-state index is 9.40. The molecule has 0 aliphatic heterocycles. The second-order valence-corrected chi connectivity index (χ2v) is 2.44. The van der Waals surface area contributed by atoms with Crippen molar-refractivity contribution in [1.82, 2.24) is 0 Å². The van der Waals surface area contributed by atoms with E-state index in [-0.39, 0.29) is 0 Å². The Bertz CT molecular complexity index is 228. The number of aryl methyl sites for hydroxylation is 2. The molecule has 0 unspecified atom stereocenters. The van der Waals surface area contributed by atoms with E-state index in [1.165, 1.54) is 0 Å². The van der Waals surface area contributed by atoms with E-state index in [4.69, 9.17) is 0 Å². The predicted octanol–water partition coefficient (Wildman–Crippen LogP) is 2.26. The Kier molecular flexibility index (Phi) is 1.95. The minimum atomic E-state index is 0.449. The zero-order valence-electron chi connectivity index (χ0n) is 6.39. The average molecular weight is 136 g/mol. The third kappa shape index (κ3) is 1.13. The Labute approximate surface area is 61.3 Å². The van der Waals surface area contributed by atoms with Crippen molar-refractivity contribution in [2.24, 2.45) is 0 Å². The van der Waals surface area contributed by atoms with Crippen molar-refractivity contribution in [3.8, 4) is 5.75 Å². The van der Waals surface area contributed by atoms with Crippen LogP contribution in [0.1, 0.15) is 18.1 Å². The number of aromatic hydroxyl groups is 1. The Balaban J connectivity index is 3.14. The van der Waals surface area contributed by atoms with Gasteiger partial charge in [-0.3, -0.25) is 0 Å². The third-order valence-electron chi connectivity index (χ3n) is 1.70. The van der Waals surface area contributed by atoms with Gasteiger partial charge in [0, 0.05) is 0 Å². The second-order valence-electron chi connectivity index (χ2n) is 2.44. The number of hydrogen-bond acceptors (Lipinski definition) is 1. The number of rotatable bonds is 1. The Morgan fingerprint density at radius 1 is 1.40 bits per heavy atom. The van der Waals surface area contributed by atoms with Crippen molar-refractivity contribution < 1.29 is 5.11 Å². The highest BCUT2D eigenvalue weighted by Crippen LogP contribution is 2.21. The first kappa shape index (κ1) is 7.13. The fraction of sp³-hybridized carbons (Fsp3) is 0.333. The smallest absolute Gasteiger partial charge is 0.121 e. The summed E-state index contributed by atoms with van der Waals surface area (Å²) in [6, 6.07) is 5.82. The minimum absolute atomic E-state index is 0.449. The zero-order chi connectivity index (χ0) is 7.56. The largest absolute Gasteiger partial charge is 0.507 e. The molecule has 0 amide bonds. The first-order chi connectivity index (χ1) is 4.75. The molecule has 1 rings (SSSR count). The summed E-state index contributed by atoms with van der Waals surface area (Å²) in [5.74, 6) is 0.449. The molecule has 0 saturated heterocycles. The summed E-state index contributed by atoms with van der Waals surface area (Å²) < 4.78 is 0. The number of phenols is 1. The van der Waals surface area contributed by atoms with E-state index < -0.39 is 0 Å². The molecule has 1 heteroatoms. The molecule has 0 spiro atoms. The standard InChI is InChI=1S/C9H12O/c1-3-8-6-4-5-7(2)9(8)10/h4-6,10H,3H2,1-2H3. The number of hydrogen-bond donors (Lipinski definition) is 1. The lowest BCUT2D eigenvalue weighted by Crippen LogP contribution is -1.82. The van der Waals surface area contributed by atoms with Crippen LogP contribution in [-0.2, 0) is 6.42 Å². The topological polar surface area (TPSA) is 20.2 Å². The van der Waals surface area contributed by atoms with Gasteiger partial charge in [-0.25, -0.2) is 0 Å². The summed E-state index contributed by atoms with van der Waals surface area (Å²) >= 11 is 0. The molecule has 10 heavy (non-hydrogen) atoms. The molecule has 0 aliphatic rings. The Morgan fingerprint density at radius 3 is 2.60 bits per heavy atom. The second kappa shape index (κ2) is 2.74. The lowest BCUT2D eigenvalue weighted by Gasteiger charge is -2.02. The molecule has 1 aromatic carbocycles. The van der Waals surface area contributed by atoms with Crippen molar-refractivity contribution in [3.05, 3.63) is 29.3 Å². The van der Waals surface area contributed by atoms with Crippen LogP contribution in [0, 0.1) is 6.92 Å². The fourth-order valence-corrected chi connectivity index (χ4v) is 1.01. The first-order valence-corrected chi connectivity index (χ1v) is 3.53. The number of phenolic OH excluding ortho intramolecular Hbond substituents is 1. The molecule has 0 radical (unpaired) electrons. The Hall–Kier alpha value is -0.980. The molecule has 1 N–H and O–H groups in total. The van der Waals surface area contributed by atoms with Gasteiger partial charge in [-0.15, -0.1) is 0 Å². The highest BCUT2D eigenvalue weighted by Gasteiger charge is 1.98. The molecule has 0 fully saturated rings. The van der Waals surface area contributed by atoms with Crippen LogP contribution in [-0.4, -0.2) is 5.11 Å². The number of benzene rings is 1. The van der Waals surface area contributed by atoms with Gasteiger partial charge in [0.05, 0.1) is 0 Å². The van der Waals surface area contributed by atoms with Gasteiger partial charge in [-0.1, -0.05) is 25.1 Å². The van der Waals surface area contributed by atoms with Crippen molar-refractivity contribution in [1.29, 1.82) is 0 Å². The van der Waals surface area contributed by atoms with Crippen LogP contribution in [0.5, 0.6) is 5.75 Å². The van der Waals surface area contributed by atoms with Gasteiger partial charge in [0.25, 0.3) is 0 Å². The van der Waals surface area contributed by atoms with E-state index in [9.17, 15) is 5.11 Å². The van der Waals surface area contributed by atoms with E-state index in [2.05, 4.69) is 0 Å². The maximum Gasteiger partial charge on any atom is 0.121 e. The van der Waals surface area contributed by atoms with E-state index >= 15 is 0 Å². The monoisotopic (exact) mass is 136 g/mol. The van der Waals surface area contributed by atoms with Gasteiger partial charge in [0.1, 0.15) is 5.75 Å². The molecule has 0 bridgehead atoms. The van der Waals surface area contributed by atoms with Crippen LogP contribution in [0.3, 0.4) is 0 Å². The average Bonchev–Trinajstić information content (AvgIpc) is 1.95. The van der Waals surface area contributed by atoms with Gasteiger partial charge in [0.15, 0.2) is 0 Å². The predicted molar refractivity (Wildman–Crippen MR) is 42.2 cm³/mol. The summed E-state index contributed by atoms with van der Waals surface area (Å²) in [5.41, 5.74) is 1.99.